The van der Waals surface area contributed by atoms with E-state index in [1.807, 2.05) is 24.3 Å². The predicted octanol–water partition coefficient (Wildman–Crippen LogP) is 5.10. The topological polar surface area (TPSA) is 75.6 Å². The van der Waals surface area contributed by atoms with Crippen molar-refractivity contribution in [2.45, 2.75) is 38.8 Å². The molecule has 0 unspecified atom stereocenters. The lowest BCUT2D eigenvalue weighted by Gasteiger charge is -2.22. The van der Waals surface area contributed by atoms with Gasteiger partial charge < -0.3 is 15.2 Å². The maximum atomic E-state index is 12.1. The lowest BCUT2D eigenvalue weighted by molar-refractivity contribution is -0.139. The van der Waals surface area contributed by atoms with Crippen LogP contribution in [0.3, 0.4) is 0 Å². The van der Waals surface area contributed by atoms with Crippen molar-refractivity contribution >= 4 is 44.4 Å². The van der Waals surface area contributed by atoms with E-state index < -0.39 is 23.7 Å². The number of rotatable bonds is 4. The molecule has 0 saturated carbocycles. The van der Waals surface area contributed by atoms with Crippen molar-refractivity contribution < 1.29 is 19.4 Å². The molecule has 0 aromatic heterocycles. The highest BCUT2D eigenvalue weighted by Gasteiger charge is 2.25. The second-order valence-electron chi connectivity index (χ2n) is 8.32. The summed E-state index contributed by atoms with van der Waals surface area (Å²) < 4.78 is 5.22. The predicted molar refractivity (Wildman–Crippen MR) is 115 cm³/mol. The van der Waals surface area contributed by atoms with Gasteiger partial charge in [0.2, 0.25) is 0 Å². The summed E-state index contributed by atoms with van der Waals surface area (Å²) in [7, 11) is 0. The molecule has 4 rings (SSSR count). The van der Waals surface area contributed by atoms with E-state index in [0.29, 0.717) is 0 Å². The van der Waals surface area contributed by atoms with Crippen molar-refractivity contribution in [3.63, 3.8) is 0 Å². The van der Waals surface area contributed by atoms with Gasteiger partial charge in [-0.15, -0.1) is 0 Å². The molecule has 5 heteroatoms. The Kier molecular flexibility index (Phi) is 4.53. The number of ether oxygens (including phenoxy) is 1. The maximum absolute atomic E-state index is 12.1. The van der Waals surface area contributed by atoms with Gasteiger partial charge in [0, 0.05) is 6.42 Å². The van der Waals surface area contributed by atoms with Crippen LogP contribution in [0.25, 0.3) is 32.3 Å². The molecule has 0 heterocycles. The zero-order chi connectivity index (χ0) is 20.8. The number of alkyl carbamates (subject to hydrolysis) is 1. The van der Waals surface area contributed by atoms with Gasteiger partial charge in [0.1, 0.15) is 11.6 Å². The molecule has 148 valence electrons. The molecule has 0 aliphatic heterocycles. The molecule has 0 fully saturated rings. The van der Waals surface area contributed by atoms with Gasteiger partial charge >= 0.3 is 12.1 Å². The summed E-state index contributed by atoms with van der Waals surface area (Å²) in [6.07, 6.45) is -0.564. The van der Waals surface area contributed by atoms with E-state index in [-0.39, 0.29) is 6.42 Å². The van der Waals surface area contributed by atoms with Crippen LogP contribution in [0.15, 0.2) is 54.6 Å². The average molecular weight is 389 g/mol. The molecular weight excluding hydrogens is 366 g/mol. The van der Waals surface area contributed by atoms with Gasteiger partial charge in [-0.05, 0) is 58.7 Å². The number of amides is 1. The number of nitrogens with one attached hydrogen (secondary N) is 1. The molecule has 1 amide bonds. The van der Waals surface area contributed by atoms with Gasteiger partial charge in [0.15, 0.2) is 0 Å². The Hall–Kier alpha value is -3.34. The maximum Gasteiger partial charge on any atom is 0.408 e. The van der Waals surface area contributed by atoms with Crippen LogP contribution in [0.4, 0.5) is 4.79 Å². The number of hydrogen-bond acceptors (Lipinski definition) is 3. The summed E-state index contributed by atoms with van der Waals surface area (Å²) in [6.45, 7) is 5.22. The van der Waals surface area contributed by atoms with Crippen LogP contribution in [0.2, 0.25) is 0 Å². The zero-order valence-electron chi connectivity index (χ0n) is 16.7. The van der Waals surface area contributed by atoms with Gasteiger partial charge in [-0.3, -0.25) is 0 Å². The highest BCUT2D eigenvalue weighted by Crippen LogP contribution is 2.36. The number of aliphatic carboxylic acids is 1. The molecule has 0 aliphatic carbocycles. The van der Waals surface area contributed by atoms with Crippen LogP contribution in [0.5, 0.6) is 0 Å². The van der Waals surface area contributed by atoms with Crippen molar-refractivity contribution in [1.29, 1.82) is 0 Å². The summed E-state index contributed by atoms with van der Waals surface area (Å²) in [6, 6.07) is 17.4. The molecule has 0 aliphatic rings. The quantitative estimate of drug-likeness (QED) is 0.476. The zero-order valence-corrected chi connectivity index (χ0v) is 16.7. The fourth-order valence-electron chi connectivity index (χ4n) is 3.84. The molecule has 1 atom stereocenters. The van der Waals surface area contributed by atoms with Crippen LogP contribution < -0.4 is 5.32 Å². The third kappa shape index (κ3) is 3.68. The normalized spacial score (nSPS) is 13.1. The summed E-state index contributed by atoms with van der Waals surface area (Å²) in [5, 5.41) is 18.9. The van der Waals surface area contributed by atoms with Gasteiger partial charge in [-0.1, -0.05) is 54.6 Å². The SMILES string of the molecule is CC(C)(C)OC(=O)N[C@H](Cc1ccc2ccc3cccc4ccc1c2c34)C(=O)O. The van der Waals surface area contributed by atoms with Gasteiger partial charge in [-0.2, -0.15) is 0 Å². The molecule has 2 N–H and O–H groups in total. The van der Waals surface area contributed by atoms with E-state index in [0.717, 1.165) is 32.5 Å². The summed E-state index contributed by atoms with van der Waals surface area (Å²) >= 11 is 0. The molecule has 4 aromatic rings. The van der Waals surface area contributed by atoms with Crippen LogP contribution >= 0.6 is 0 Å². The lowest BCUT2D eigenvalue weighted by atomic mass is 9.90. The number of carboxylic acid groups (broad SMARTS) is 1. The fourth-order valence-corrected chi connectivity index (χ4v) is 3.84. The van der Waals surface area contributed by atoms with Gasteiger partial charge in [0.05, 0.1) is 0 Å². The van der Waals surface area contributed by atoms with Gasteiger partial charge in [0.25, 0.3) is 0 Å². The van der Waals surface area contributed by atoms with E-state index >= 15 is 0 Å². The smallest absolute Gasteiger partial charge is 0.408 e. The van der Waals surface area contributed by atoms with E-state index in [2.05, 4.69) is 35.6 Å². The highest BCUT2D eigenvalue weighted by atomic mass is 16.6. The number of carbonyl (C=O) groups is 2. The second-order valence-corrected chi connectivity index (χ2v) is 8.32. The van der Waals surface area contributed by atoms with Crippen LogP contribution in [0, 0.1) is 0 Å². The van der Waals surface area contributed by atoms with Crippen LogP contribution in [-0.4, -0.2) is 28.8 Å². The Labute approximate surface area is 168 Å². The molecular formula is C24H23NO4. The van der Waals surface area contributed by atoms with Crippen molar-refractivity contribution in [3.05, 3.63) is 60.2 Å². The minimum absolute atomic E-state index is 0.169. The summed E-state index contributed by atoms with van der Waals surface area (Å²) in [5.74, 6) is -1.10. The Balaban J connectivity index is 1.74. The van der Waals surface area contributed by atoms with E-state index in [9.17, 15) is 14.7 Å². The fraction of sp³-hybridized carbons (Fsp3) is 0.250. The molecule has 5 nitrogen and oxygen atoms in total. The van der Waals surface area contributed by atoms with Gasteiger partial charge in [-0.25, -0.2) is 9.59 Å². The third-order valence-electron chi connectivity index (χ3n) is 5.03. The first kappa shape index (κ1) is 19.0. The van der Waals surface area contributed by atoms with E-state index in [1.165, 1.54) is 5.39 Å². The number of carboxylic acids is 1. The van der Waals surface area contributed by atoms with Crippen LogP contribution in [0.1, 0.15) is 26.3 Å². The molecule has 0 spiro atoms. The summed E-state index contributed by atoms with van der Waals surface area (Å²) in [4.78, 5) is 23.9. The molecule has 0 radical (unpaired) electrons. The average Bonchev–Trinajstić information content (AvgIpc) is 2.65. The van der Waals surface area contributed by atoms with E-state index in [4.69, 9.17) is 4.74 Å². The first-order valence-electron chi connectivity index (χ1n) is 9.61. The first-order chi connectivity index (χ1) is 13.7. The Morgan fingerprint density at radius 1 is 0.931 bits per heavy atom. The highest BCUT2D eigenvalue weighted by molar-refractivity contribution is 6.23. The monoisotopic (exact) mass is 389 g/mol. The van der Waals surface area contributed by atoms with Crippen molar-refractivity contribution in [2.24, 2.45) is 0 Å². The van der Waals surface area contributed by atoms with Crippen molar-refractivity contribution in [1.82, 2.24) is 5.32 Å². The minimum atomic E-state index is -1.10. The Bertz CT molecular complexity index is 1210. The number of benzene rings is 4. The number of carbonyl (C=O) groups excluding carboxylic acids is 1. The standard InChI is InChI=1S/C24H23NO4/c1-24(2,3)29-23(28)25-19(22(26)27)13-17-10-9-16-8-7-14-5-4-6-15-11-12-18(17)21(16)20(14)15/h4-12,19H,13H2,1-3H3,(H,25,28)(H,26,27)/t19-/m1/s1. The van der Waals surface area contributed by atoms with Crippen LogP contribution in [-0.2, 0) is 16.0 Å². The van der Waals surface area contributed by atoms with E-state index in [1.54, 1.807) is 20.8 Å². The first-order valence-corrected chi connectivity index (χ1v) is 9.61. The number of hydrogen-bond donors (Lipinski definition) is 2. The minimum Gasteiger partial charge on any atom is -0.480 e. The Morgan fingerprint density at radius 3 is 2.14 bits per heavy atom. The second kappa shape index (κ2) is 6.92. The molecule has 4 aromatic carbocycles. The lowest BCUT2D eigenvalue weighted by Crippen LogP contribution is -2.44. The van der Waals surface area contributed by atoms with Crippen molar-refractivity contribution in [3.8, 4) is 0 Å². The largest absolute Gasteiger partial charge is 0.480 e. The third-order valence-corrected chi connectivity index (χ3v) is 5.03. The molecule has 29 heavy (non-hydrogen) atoms. The molecule has 0 bridgehead atoms. The molecule has 0 saturated heterocycles. The van der Waals surface area contributed by atoms with Crippen molar-refractivity contribution in [2.75, 3.05) is 0 Å². The Morgan fingerprint density at radius 2 is 1.52 bits per heavy atom. The summed E-state index contributed by atoms with van der Waals surface area (Å²) in [5.41, 5.74) is 0.180.